The molecule has 0 radical (unpaired) electrons. The number of fused-ring (bicyclic) bond motifs is 1. The minimum absolute atomic E-state index is 0.302. The molecule has 3 amide bonds. The largest absolute Gasteiger partial charge is 0.347 e. The van der Waals surface area contributed by atoms with Crippen LogP contribution in [0.5, 0.6) is 0 Å². The third-order valence-electron chi connectivity index (χ3n) is 3.54. The van der Waals surface area contributed by atoms with Gasteiger partial charge in [0.05, 0.1) is 0 Å². The molecule has 0 spiro atoms. The molecule has 1 aromatic carbocycles. The monoisotopic (exact) mass is 269 g/mol. The predicted molar refractivity (Wildman–Crippen MR) is 76.9 cm³/mol. The van der Waals surface area contributed by atoms with Crippen LogP contribution in [0.25, 0.3) is 17.0 Å². The van der Waals surface area contributed by atoms with E-state index < -0.39 is 0 Å². The van der Waals surface area contributed by atoms with E-state index in [2.05, 4.69) is 16.8 Å². The van der Waals surface area contributed by atoms with Crippen LogP contribution in [0.3, 0.4) is 0 Å². The van der Waals surface area contributed by atoms with Gasteiger partial charge in [-0.3, -0.25) is 9.69 Å². The first-order valence-electron chi connectivity index (χ1n) is 6.50. The van der Waals surface area contributed by atoms with E-state index in [0.717, 1.165) is 27.9 Å². The summed E-state index contributed by atoms with van der Waals surface area (Å²) in [5.41, 5.74) is 2.37. The molecule has 1 aliphatic heterocycles. The number of aromatic nitrogens is 1. The molecule has 5 nitrogen and oxygen atoms in total. The molecule has 0 aliphatic carbocycles. The first kappa shape index (κ1) is 12.5. The summed E-state index contributed by atoms with van der Waals surface area (Å²) in [6.07, 6.45) is 3.73. The van der Waals surface area contributed by atoms with E-state index in [0.29, 0.717) is 5.70 Å². The Bertz CT molecular complexity index is 743. The molecule has 20 heavy (non-hydrogen) atoms. The molecule has 3 rings (SSSR count). The van der Waals surface area contributed by atoms with Crippen LogP contribution in [0.15, 0.2) is 36.2 Å². The van der Waals surface area contributed by atoms with Gasteiger partial charge >= 0.3 is 6.03 Å². The number of benzene rings is 1. The lowest BCUT2D eigenvalue weighted by Crippen LogP contribution is -2.25. The van der Waals surface area contributed by atoms with Gasteiger partial charge in [-0.25, -0.2) is 4.79 Å². The summed E-state index contributed by atoms with van der Waals surface area (Å²) in [6, 6.07) is 7.62. The van der Waals surface area contributed by atoms with Crippen molar-refractivity contribution < 1.29 is 9.59 Å². The number of hydrogen-bond acceptors (Lipinski definition) is 2. The Labute approximate surface area is 116 Å². The summed E-state index contributed by atoms with van der Waals surface area (Å²) in [5, 5.41) is 3.65. The van der Waals surface area contributed by atoms with Gasteiger partial charge in [-0.1, -0.05) is 18.2 Å². The van der Waals surface area contributed by atoms with Crippen LogP contribution >= 0.6 is 0 Å². The van der Waals surface area contributed by atoms with Gasteiger partial charge in [-0.05, 0) is 19.1 Å². The van der Waals surface area contributed by atoms with E-state index >= 15 is 0 Å². The molecular weight excluding hydrogens is 254 g/mol. The molecule has 1 aliphatic rings. The quantitative estimate of drug-likeness (QED) is 0.671. The van der Waals surface area contributed by atoms with Crippen molar-refractivity contribution in [1.29, 1.82) is 0 Å². The second-order valence-corrected chi connectivity index (χ2v) is 4.74. The Hall–Kier alpha value is -2.56. The van der Waals surface area contributed by atoms with Crippen LogP contribution in [0.1, 0.15) is 12.5 Å². The van der Waals surface area contributed by atoms with Gasteiger partial charge in [-0.2, -0.15) is 0 Å². The number of imide groups is 1. The number of rotatable bonds is 2. The molecule has 2 heterocycles. The Balaban J connectivity index is 2.12. The number of carbonyl (C=O) groups excluding carboxylic acids is 2. The maximum absolute atomic E-state index is 11.9. The van der Waals surface area contributed by atoms with Crippen LogP contribution in [0.2, 0.25) is 0 Å². The van der Waals surface area contributed by atoms with Crippen molar-refractivity contribution in [3.8, 4) is 0 Å². The number of nitrogens with one attached hydrogen (secondary N) is 1. The summed E-state index contributed by atoms with van der Waals surface area (Å²) < 4.78 is 2.12. The Morgan fingerprint density at radius 3 is 2.65 bits per heavy atom. The zero-order chi connectivity index (χ0) is 14.3. The molecular formula is C15H15N3O2. The summed E-state index contributed by atoms with van der Waals surface area (Å²) in [6.45, 7) is 2.92. The lowest BCUT2D eigenvalue weighted by molar-refractivity contribution is -0.121. The van der Waals surface area contributed by atoms with Crippen molar-refractivity contribution >= 4 is 28.9 Å². The molecule has 5 heteroatoms. The Morgan fingerprint density at radius 2 is 2.00 bits per heavy atom. The Kier molecular flexibility index (Phi) is 2.82. The predicted octanol–water partition coefficient (Wildman–Crippen LogP) is 2.18. The van der Waals surface area contributed by atoms with Crippen molar-refractivity contribution in [2.24, 2.45) is 0 Å². The van der Waals surface area contributed by atoms with Crippen molar-refractivity contribution in [2.75, 3.05) is 7.05 Å². The number of urea groups is 1. The molecule has 0 unspecified atom stereocenters. The lowest BCUT2D eigenvalue weighted by atomic mass is 10.1. The molecule has 1 fully saturated rings. The highest BCUT2D eigenvalue weighted by Gasteiger charge is 2.30. The molecule has 1 N–H and O–H groups in total. The standard InChI is InChI=1S/C15H15N3O2/c1-3-18-9-10(11-6-4-5-7-13(11)18)8-12-14(19)17(2)15(20)16-12/h4-9H,3H2,1-2H3,(H,16,20)/b12-8+. The maximum atomic E-state index is 11.9. The van der Waals surface area contributed by atoms with Crippen LogP contribution in [0, 0.1) is 0 Å². The maximum Gasteiger partial charge on any atom is 0.328 e. The van der Waals surface area contributed by atoms with Gasteiger partial charge in [0.25, 0.3) is 5.91 Å². The number of hydrogen-bond donors (Lipinski definition) is 1. The minimum Gasteiger partial charge on any atom is -0.347 e. The van der Waals surface area contributed by atoms with Crippen molar-refractivity contribution in [1.82, 2.24) is 14.8 Å². The van der Waals surface area contributed by atoms with E-state index in [-0.39, 0.29) is 11.9 Å². The number of amides is 3. The fourth-order valence-electron chi connectivity index (χ4n) is 2.43. The summed E-state index contributed by atoms with van der Waals surface area (Å²) in [4.78, 5) is 24.4. The minimum atomic E-state index is -0.388. The fraction of sp³-hybridized carbons (Fsp3) is 0.200. The van der Waals surface area contributed by atoms with Crippen molar-refractivity contribution in [3.05, 3.63) is 41.7 Å². The Morgan fingerprint density at radius 1 is 1.25 bits per heavy atom. The average Bonchev–Trinajstić information content (AvgIpc) is 2.93. The highest BCUT2D eigenvalue weighted by Crippen LogP contribution is 2.24. The van der Waals surface area contributed by atoms with E-state index in [1.807, 2.05) is 30.5 Å². The molecule has 1 saturated heterocycles. The second kappa shape index (κ2) is 4.52. The smallest absolute Gasteiger partial charge is 0.328 e. The SMILES string of the molecule is CCn1cc(/C=C2/NC(=O)N(C)C2=O)c2ccccc21. The van der Waals surface area contributed by atoms with Crippen LogP contribution < -0.4 is 5.32 Å². The molecule has 0 bridgehead atoms. The zero-order valence-corrected chi connectivity index (χ0v) is 11.4. The third kappa shape index (κ3) is 1.79. The lowest BCUT2D eigenvalue weighted by Gasteiger charge is -1.99. The summed E-state index contributed by atoms with van der Waals surface area (Å²) in [7, 11) is 1.47. The average molecular weight is 269 g/mol. The molecule has 102 valence electrons. The second-order valence-electron chi connectivity index (χ2n) is 4.74. The molecule has 0 atom stereocenters. The molecule has 1 aromatic heterocycles. The van der Waals surface area contributed by atoms with Crippen LogP contribution in [0.4, 0.5) is 4.79 Å². The van der Waals surface area contributed by atoms with Crippen molar-refractivity contribution in [3.63, 3.8) is 0 Å². The van der Waals surface area contributed by atoms with Gasteiger partial charge < -0.3 is 9.88 Å². The number of carbonyl (C=O) groups is 2. The number of aryl methyl sites for hydroxylation is 1. The van der Waals surface area contributed by atoms with Gasteiger partial charge in [0.2, 0.25) is 0 Å². The molecule has 2 aromatic rings. The van der Waals surface area contributed by atoms with Gasteiger partial charge in [-0.15, -0.1) is 0 Å². The topological polar surface area (TPSA) is 54.3 Å². The number of nitrogens with zero attached hydrogens (tertiary/aromatic N) is 2. The van der Waals surface area contributed by atoms with Crippen LogP contribution in [-0.2, 0) is 11.3 Å². The zero-order valence-electron chi connectivity index (χ0n) is 11.4. The van der Waals surface area contributed by atoms with Crippen molar-refractivity contribution in [2.45, 2.75) is 13.5 Å². The normalized spacial score (nSPS) is 17.3. The van der Waals surface area contributed by atoms with Crippen LogP contribution in [-0.4, -0.2) is 28.5 Å². The van der Waals surface area contributed by atoms with Gasteiger partial charge in [0.1, 0.15) is 5.70 Å². The third-order valence-corrected chi connectivity index (χ3v) is 3.54. The first-order chi connectivity index (χ1) is 9.61. The first-order valence-corrected chi connectivity index (χ1v) is 6.50. The van der Waals surface area contributed by atoms with Gasteiger partial charge in [0.15, 0.2) is 0 Å². The fourth-order valence-corrected chi connectivity index (χ4v) is 2.43. The van der Waals surface area contributed by atoms with Gasteiger partial charge in [0, 0.05) is 36.3 Å². The van der Waals surface area contributed by atoms with E-state index in [9.17, 15) is 9.59 Å². The number of likely N-dealkylation sites (N-methyl/N-ethyl adjacent to an activating group) is 1. The summed E-state index contributed by atoms with van der Waals surface area (Å²) in [5.74, 6) is -0.302. The highest BCUT2D eigenvalue weighted by atomic mass is 16.2. The number of para-hydroxylation sites is 1. The van der Waals surface area contributed by atoms with E-state index in [1.165, 1.54) is 7.05 Å². The highest BCUT2D eigenvalue weighted by molar-refractivity contribution is 6.14. The van der Waals surface area contributed by atoms with E-state index in [4.69, 9.17) is 0 Å². The molecule has 0 saturated carbocycles. The summed E-state index contributed by atoms with van der Waals surface area (Å²) >= 11 is 0. The van der Waals surface area contributed by atoms with E-state index in [1.54, 1.807) is 6.08 Å².